The quantitative estimate of drug-likeness (QED) is 0.262. The lowest BCUT2D eigenvalue weighted by molar-refractivity contribution is -0.129. The van der Waals surface area contributed by atoms with E-state index >= 15 is 0 Å². The SMILES string of the molecule is Cc1ccc(OCCOc2ccc(Cl)c(C)c2)c(/C=C2/N=C(c3ccccc3)OC2=O)c1. The fourth-order valence-corrected chi connectivity index (χ4v) is 3.31. The first-order valence-corrected chi connectivity index (χ1v) is 10.6. The van der Waals surface area contributed by atoms with Crippen LogP contribution in [0.5, 0.6) is 11.5 Å². The zero-order valence-corrected chi connectivity index (χ0v) is 18.6. The Hall–Kier alpha value is -3.57. The second-order valence-corrected chi connectivity index (χ2v) is 7.76. The van der Waals surface area contributed by atoms with Crippen LogP contribution in [0.2, 0.25) is 5.02 Å². The summed E-state index contributed by atoms with van der Waals surface area (Å²) in [5.74, 6) is 1.18. The van der Waals surface area contributed by atoms with Crippen molar-refractivity contribution in [2.45, 2.75) is 13.8 Å². The van der Waals surface area contributed by atoms with Gasteiger partial charge in [-0.15, -0.1) is 0 Å². The van der Waals surface area contributed by atoms with E-state index in [1.165, 1.54) is 0 Å². The first kappa shape index (κ1) is 21.7. The lowest BCUT2D eigenvalue weighted by Crippen LogP contribution is -2.10. The molecule has 5 nitrogen and oxygen atoms in total. The van der Waals surface area contributed by atoms with Gasteiger partial charge in [0.05, 0.1) is 0 Å². The normalized spacial score (nSPS) is 14.3. The standard InChI is InChI=1S/C26H22ClNO4/c1-17-8-11-24(31-13-12-30-21-9-10-22(27)18(2)15-21)20(14-17)16-23-26(29)32-25(28-23)19-6-4-3-5-7-19/h3-11,14-16H,12-13H2,1-2H3/b23-16+. The third-order valence-corrected chi connectivity index (χ3v) is 5.26. The fraction of sp³-hybridized carbons (Fsp3) is 0.154. The molecule has 1 aliphatic heterocycles. The molecule has 3 aromatic rings. The summed E-state index contributed by atoms with van der Waals surface area (Å²) in [6, 6.07) is 20.6. The summed E-state index contributed by atoms with van der Waals surface area (Å²) in [6.45, 7) is 4.61. The summed E-state index contributed by atoms with van der Waals surface area (Å²) in [5.41, 5.74) is 3.72. The van der Waals surface area contributed by atoms with E-state index in [4.69, 9.17) is 25.8 Å². The molecule has 0 aromatic heterocycles. The summed E-state index contributed by atoms with van der Waals surface area (Å²) in [6.07, 6.45) is 1.68. The van der Waals surface area contributed by atoms with Crippen LogP contribution in [-0.2, 0) is 9.53 Å². The van der Waals surface area contributed by atoms with E-state index in [9.17, 15) is 4.79 Å². The van der Waals surface area contributed by atoms with Gasteiger partial charge in [0.2, 0.25) is 5.90 Å². The Morgan fingerprint density at radius 3 is 2.53 bits per heavy atom. The fourth-order valence-electron chi connectivity index (χ4n) is 3.19. The van der Waals surface area contributed by atoms with Crippen LogP contribution in [0.3, 0.4) is 0 Å². The molecule has 3 aromatic carbocycles. The van der Waals surface area contributed by atoms with Crippen molar-refractivity contribution >= 4 is 29.5 Å². The van der Waals surface area contributed by atoms with Gasteiger partial charge >= 0.3 is 5.97 Å². The highest BCUT2D eigenvalue weighted by molar-refractivity contribution is 6.31. The van der Waals surface area contributed by atoms with Crippen molar-refractivity contribution < 1.29 is 19.0 Å². The number of hydrogen-bond donors (Lipinski definition) is 0. The lowest BCUT2D eigenvalue weighted by atomic mass is 10.1. The number of hydrogen-bond acceptors (Lipinski definition) is 5. The predicted molar refractivity (Wildman–Crippen MR) is 125 cm³/mol. The van der Waals surface area contributed by atoms with Crippen LogP contribution in [0, 0.1) is 13.8 Å². The number of halogens is 1. The van der Waals surface area contributed by atoms with Crippen LogP contribution >= 0.6 is 11.6 Å². The molecule has 0 radical (unpaired) electrons. The number of carbonyl (C=O) groups is 1. The predicted octanol–water partition coefficient (Wildman–Crippen LogP) is 5.76. The highest BCUT2D eigenvalue weighted by atomic mass is 35.5. The number of rotatable bonds is 7. The van der Waals surface area contributed by atoms with Gasteiger partial charge in [0.15, 0.2) is 5.70 Å². The Balaban J connectivity index is 1.46. The smallest absolute Gasteiger partial charge is 0.363 e. The van der Waals surface area contributed by atoms with E-state index in [0.29, 0.717) is 29.9 Å². The number of ether oxygens (including phenoxy) is 3. The molecule has 0 unspecified atom stereocenters. The molecule has 0 bridgehead atoms. The van der Waals surface area contributed by atoms with Gasteiger partial charge in [-0.3, -0.25) is 0 Å². The van der Waals surface area contributed by atoms with Gasteiger partial charge in [0.25, 0.3) is 0 Å². The summed E-state index contributed by atoms with van der Waals surface area (Å²) in [4.78, 5) is 16.7. The van der Waals surface area contributed by atoms with Crippen LogP contribution in [0.1, 0.15) is 22.3 Å². The molecule has 1 heterocycles. The van der Waals surface area contributed by atoms with E-state index in [1.54, 1.807) is 6.08 Å². The number of cyclic esters (lactones) is 1. The molecule has 0 aliphatic carbocycles. The van der Waals surface area contributed by atoms with E-state index in [-0.39, 0.29) is 5.70 Å². The van der Waals surface area contributed by atoms with Crippen molar-refractivity contribution in [2.75, 3.05) is 13.2 Å². The minimum absolute atomic E-state index is 0.229. The van der Waals surface area contributed by atoms with Crippen molar-refractivity contribution in [1.29, 1.82) is 0 Å². The molecule has 0 saturated carbocycles. The molecule has 0 atom stereocenters. The van der Waals surface area contributed by atoms with Gasteiger partial charge in [-0.2, -0.15) is 0 Å². The van der Waals surface area contributed by atoms with Crippen LogP contribution in [-0.4, -0.2) is 25.1 Å². The third kappa shape index (κ3) is 5.18. The van der Waals surface area contributed by atoms with E-state index in [2.05, 4.69) is 4.99 Å². The number of carbonyl (C=O) groups excluding carboxylic acids is 1. The van der Waals surface area contributed by atoms with Crippen molar-refractivity contribution in [3.8, 4) is 11.5 Å². The number of aliphatic imine (C=N–C) groups is 1. The molecule has 0 N–H and O–H groups in total. The zero-order chi connectivity index (χ0) is 22.5. The average molecular weight is 448 g/mol. The largest absolute Gasteiger partial charge is 0.490 e. The Bertz CT molecular complexity index is 1200. The maximum absolute atomic E-state index is 12.4. The Kier molecular flexibility index (Phi) is 6.57. The summed E-state index contributed by atoms with van der Waals surface area (Å²) in [5, 5.41) is 0.703. The van der Waals surface area contributed by atoms with Gasteiger partial charge in [-0.1, -0.05) is 41.4 Å². The molecular weight excluding hydrogens is 426 g/mol. The minimum Gasteiger partial charge on any atom is -0.490 e. The molecule has 1 aliphatic rings. The van der Waals surface area contributed by atoms with E-state index in [1.807, 2.05) is 80.6 Å². The maximum atomic E-state index is 12.4. The Morgan fingerprint density at radius 1 is 0.969 bits per heavy atom. The molecule has 32 heavy (non-hydrogen) atoms. The number of esters is 1. The van der Waals surface area contributed by atoms with Crippen molar-refractivity contribution in [3.05, 3.63) is 99.7 Å². The highest BCUT2D eigenvalue weighted by Gasteiger charge is 2.24. The molecule has 4 rings (SSSR count). The van der Waals surface area contributed by atoms with Gasteiger partial charge in [-0.25, -0.2) is 9.79 Å². The molecular formula is C26H22ClNO4. The summed E-state index contributed by atoms with van der Waals surface area (Å²) in [7, 11) is 0. The summed E-state index contributed by atoms with van der Waals surface area (Å²) < 4.78 is 17.0. The van der Waals surface area contributed by atoms with Crippen molar-refractivity contribution in [1.82, 2.24) is 0 Å². The molecule has 6 heteroatoms. The molecule has 0 amide bonds. The van der Waals surface area contributed by atoms with E-state index in [0.717, 1.165) is 28.0 Å². The highest BCUT2D eigenvalue weighted by Crippen LogP contribution is 2.26. The zero-order valence-electron chi connectivity index (χ0n) is 17.8. The first-order valence-electron chi connectivity index (χ1n) is 10.2. The van der Waals surface area contributed by atoms with Crippen molar-refractivity contribution in [3.63, 3.8) is 0 Å². The molecule has 0 fully saturated rings. The van der Waals surface area contributed by atoms with E-state index < -0.39 is 5.97 Å². The van der Waals surface area contributed by atoms with Crippen molar-refractivity contribution in [2.24, 2.45) is 4.99 Å². The van der Waals surface area contributed by atoms with Gasteiger partial charge in [0.1, 0.15) is 24.7 Å². The second-order valence-electron chi connectivity index (χ2n) is 7.35. The van der Waals surface area contributed by atoms with Gasteiger partial charge in [0, 0.05) is 16.1 Å². The second kappa shape index (κ2) is 9.71. The Labute approximate surface area is 191 Å². The van der Waals surface area contributed by atoms with Crippen LogP contribution in [0.15, 0.2) is 77.4 Å². The number of benzene rings is 3. The molecule has 0 spiro atoms. The van der Waals surface area contributed by atoms with Gasteiger partial charge < -0.3 is 14.2 Å². The lowest BCUT2D eigenvalue weighted by Gasteiger charge is -2.12. The van der Waals surface area contributed by atoms with Crippen LogP contribution in [0.4, 0.5) is 0 Å². The molecule has 0 saturated heterocycles. The monoisotopic (exact) mass is 447 g/mol. The molecule has 162 valence electrons. The number of nitrogens with zero attached hydrogens (tertiary/aromatic N) is 1. The first-order chi connectivity index (χ1) is 15.5. The number of aryl methyl sites for hydroxylation is 2. The Morgan fingerprint density at radius 2 is 1.75 bits per heavy atom. The average Bonchev–Trinajstić information content (AvgIpc) is 3.16. The summed E-state index contributed by atoms with van der Waals surface area (Å²) >= 11 is 6.05. The maximum Gasteiger partial charge on any atom is 0.363 e. The minimum atomic E-state index is -0.488. The van der Waals surface area contributed by atoms with Crippen LogP contribution < -0.4 is 9.47 Å². The van der Waals surface area contributed by atoms with Crippen LogP contribution in [0.25, 0.3) is 6.08 Å². The van der Waals surface area contributed by atoms with Gasteiger partial charge in [-0.05, 0) is 68.0 Å². The topological polar surface area (TPSA) is 57.1 Å². The third-order valence-electron chi connectivity index (χ3n) is 4.84.